The maximum atomic E-state index is 12.8. The van der Waals surface area contributed by atoms with Crippen molar-refractivity contribution in [3.63, 3.8) is 0 Å². The van der Waals surface area contributed by atoms with Gasteiger partial charge in [0, 0.05) is 0 Å². The van der Waals surface area contributed by atoms with E-state index in [-0.39, 0.29) is 17.3 Å². The maximum absolute atomic E-state index is 12.8. The Morgan fingerprint density at radius 3 is 2.18 bits per heavy atom. The van der Waals surface area contributed by atoms with E-state index in [1.165, 1.54) is 50.5 Å². The lowest BCUT2D eigenvalue weighted by atomic mass is 9.35. The van der Waals surface area contributed by atoms with Crippen LogP contribution < -0.4 is 0 Å². The molecule has 3 saturated carbocycles. The zero-order valence-corrected chi connectivity index (χ0v) is 19.4. The van der Waals surface area contributed by atoms with Gasteiger partial charge in [-0.3, -0.25) is 4.79 Å². The Labute approximate surface area is 172 Å². The zero-order chi connectivity index (χ0) is 20.5. The molecule has 158 valence electrons. The molecule has 3 fully saturated rings. The van der Waals surface area contributed by atoms with Gasteiger partial charge < -0.3 is 4.74 Å². The molecule has 2 nitrogen and oxygen atoms in total. The molecule has 0 aliphatic heterocycles. The van der Waals surface area contributed by atoms with Crippen LogP contribution in [0.4, 0.5) is 0 Å². The molecule has 0 aromatic carbocycles. The molecular formula is C26H42O2. The van der Waals surface area contributed by atoms with Gasteiger partial charge in [-0.05, 0) is 91.3 Å². The molecule has 28 heavy (non-hydrogen) atoms. The molecule has 7 atom stereocenters. The summed E-state index contributed by atoms with van der Waals surface area (Å²) in [6.45, 7) is 14.9. The highest BCUT2D eigenvalue weighted by Gasteiger charge is 2.66. The van der Waals surface area contributed by atoms with E-state index in [1.54, 1.807) is 7.11 Å². The van der Waals surface area contributed by atoms with Crippen molar-refractivity contribution in [2.24, 2.45) is 45.3 Å². The molecule has 0 amide bonds. The minimum atomic E-state index is -0.0534. The highest BCUT2D eigenvalue weighted by Crippen LogP contribution is 2.73. The van der Waals surface area contributed by atoms with Crippen molar-refractivity contribution in [1.29, 1.82) is 0 Å². The first kappa shape index (κ1) is 20.5. The number of hydrogen-bond acceptors (Lipinski definition) is 2. The summed E-state index contributed by atoms with van der Waals surface area (Å²) in [5.41, 5.74) is 2.57. The summed E-state index contributed by atoms with van der Waals surface area (Å²) in [5, 5.41) is 0. The second-order valence-corrected chi connectivity index (χ2v) is 12.2. The summed E-state index contributed by atoms with van der Waals surface area (Å²) < 4.78 is 5.30. The maximum Gasteiger partial charge on any atom is 0.313 e. The van der Waals surface area contributed by atoms with Gasteiger partial charge in [-0.2, -0.15) is 0 Å². The molecule has 0 saturated heterocycles. The predicted octanol–water partition coefficient (Wildman–Crippen LogP) is 6.79. The van der Waals surface area contributed by atoms with Gasteiger partial charge in [-0.15, -0.1) is 0 Å². The number of carbonyl (C=O) groups is 1. The number of allylic oxidation sites excluding steroid dienone is 1. The van der Waals surface area contributed by atoms with E-state index in [9.17, 15) is 4.79 Å². The summed E-state index contributed by atoms with van der Waals surface area (Å²) in [6.07, 6.45) is 12.9. The monoisotopic (exact) mass is 386 g/mol. The first-order chi connectivity index (χ1) is 13.0. The Balaban J connectivity index is 1.75. The number of carbonyl (C=O) groups excluding carboxylic acids is 1. The number of fused-ring (bicyclic) bond motifs is 5. The van der Waals surface area contributed by atoms with E-state index in [4.69, 9.17) is 4.74 Å². The average molecular weight is 387 g/mol. The topological polar surface area (TPSA) is 26.3 Å². The van der Waals surface area contributed by atoms with Crippen molar-refractivity contribution in [3.8, 4) is 0 Å². The summed E-state index contributed by atoms with van der Waals surface area (Å²) in [4.78, 5) is 12.8. The second kappa shape index (κ2) is 6.35. The molecule has 0 radical (unpaired) electrons. The number of hydrogen-bond donors (Lipinski definition) is 0. The first-order valence-electron chi connectivity index (χ1n) is 11.8. The van der Waals surface area contributed by atoms with E-state index in [0.717, 1.165) is 18.3 Å². The number of esters is 1. The number of ether oxygens (including phenoxy) is 1. The van der Waals surface area contributed by atoms with Crippen LogP contribution in [0.3, 0.4) is 0 Å². The van der Waals surface area contributed by atoms with Gasteiger partial charge in [-0.25, -0.2) is 0 Å². The van der Waals surface area contributed by atoms with Gasteiger partial charge >= 0.3 is 5.97 Å². The lowest BCUT2D eigenvalue weighted by molar-refractivity contribution is -0.203. The average Bonchev–Trinajstić information content (AvgIpc) is 2.59. The molecule has 0 bridgehead atoms. The first-order valence-corrected chi connectivity index (χ1v) is 11.8. The van der Waals surface area contributed by atoms with Gasteiger partial charge in [-0.1, -0.05) is 52.7 Å². The van der Waals surface area contributed by atoms with Gasteiger partial charge in [0.2, 0.25) is 0 Å². The lowest BCUT2D eigenvalue weighted by Gasteiger charge is -2.69. The van der Waals surface area contributed by atoms with Gasteiger partial charge in [0.1, 0.15) is 0 Å². The Kier molecular flexibility index (Phi) is 4.65. The fourth-order valence-electron chi connectivity index (χ4n) is 9.54. The van der Waals surface area contributed by atoms with Crippen molar-refractivity contribution < 1.29 is 9.53 Å². The molecule has 0 unspecified atom stereocenters. The van der Waals surface area contributed by atoms with E-state index < -0.39 is 0 Å². The van der Waals surface area contributed by atoms with Crippen molar-refractivity contribution in [1.82, 2.24) is 0 Å². The molecule has 0 aromatic heterocycles. The predicted molar refractivity (Wildman–Crippen MR) is 115 cm³/mol. The summed E-state index contributed by atoms with van der Waals surface area (Å²) >= 11 is 0. The molecule has 0 spiro atoms. The van der Waals surface area contributed by atoms with E-state index >= 15 is 0 Å². The SMILES string of the molecule is COC(=O)[C@H]1C(C)=CC[C@H]2[C@]3(C)CC[C@@H]4C(C)(C)CCC[C@]4(C)[C@H]3CC[C@]12C. The van der Waals surface area contributed by atoms with Crippen LogP contribution in [0.1, 0.15) is 92.9 Å². The molecular weight excluding hydrogens is 344 g/mol. The smallest absolute Gasteiger partial charge is 0.313 e. The van der Waals surface area contributed by atoms with Crippen LogP contribution >= 0.6 is 0 Å². The van der Waals surface area contributed by atoms with Crippen molar-refractivity contribution in [2.45, 2.75) is 92.9 Å². The summed E-state index contributed by atoms with van der Waals surface area (Å²) in [6, 6.07) is 0. The third-order valence-electron chi connectivity index (χ3n) is 10.6. The fraction of sp³-hybridized carbons (Fsp3) is 0.885. The second-order valence-electron chi connectivity index (χ2n) is 12.2. The quantitative estimate of drug-likeness (QED) is 0.366. The van der Waals surface area contributed by atoms with Gasteiger partial charge in [0.15, 0.2) is 0 Å². The standard InChI is InChI=1S/C26H42O2/c1-17-9-10-19-25(5)15-11-18-23(2,3)13-8-14-24(18,4)20(25)12-16-26(19,6)21(17)22(27)28-7/h9,18-21H,8,10-16H2,1-7H3/t18-,19+,20-,21-,24+,25+,26+/m1/s1. The van der Waals surface area contributed by atoms with Crippen LogP contribution in [0.15, 0.2) is 11.6 Å². The molecule has 4 aliphatic rings. The Bertz CT molecular complexity index is 691. The van der Waals surface area contributed by atoms with E-state index in [2.05, 4.69) is 47.6 Å². The highest BCUT2D eigenvalue weighted by atomic mass is 16.5. The minimum absolute atomic E-state index is 0.0123. The highest BCUT2D eigenvalue weighted by molar-refractivity contribution is 5.77. The third-order valence-corrected chi connectivity index (χ3v) is 10.6. The Morgan fingerprint density at radius 1 is 0.893 bits per heavy atom. The van der Waals surface area contributed by atoms with Crippen molar-refractivity contribution in [3.05, 3.63) is 11.6 Å². The van der Waals surface area contributed by atoms with Crippen LogP contribution in [-0.2, 0) is 9.53 Å². The van der Waals surface area contributed by atoms with Gasteiger partial charge in [0.25, 0.3) is 0 Å². The summed E-state index contributed by atoms with van der Waals surface area (Å²) in [5.74, 6) is 2.17. The van der Waals surface area contributed by atoms with Crippen LogP contribution in [-0.4, -0.2) is 13.1 Å². The number of methoxy groups -OCH3 is 1. The molecule has 2 heteroatoms. The molecule has 0 aromatic rings. The van der Waals surface area contributed by atoms with E-state index in [0.29, 0.717) is 22.2 Å². The molecule has 4 aliphatic carbocycles. The lowest BCUT2D eigenvalue weighted by Crippen LogP contribution is -2.63. The minimum Gasteiger partial charge on any atom is -0.469 e. The molecule has 0 N–H and O–H groups in total. The van der Waals surface area contributed by atoms with Crippen LogP contribution in [0.5, 0.6) is 0 Å². The zero-order valence-electron chi connectivity index (χ0n) is 19.4. The summed E-state index contributed by atoms with van der Waals surface area (Å²) in [7, 11) is 1.56. The van der Waals surface area contributed by atoms with Crippen molar-refractivity contribution >= 4 is 5.97 Å². The largest absolute Gasteiger partial charge is 0.469 e. The van der Waals surface area contributed by atoms with Crippen LogP contribution in [0, 0.1) is 45.3 Å². The Hall–Kier alpha value is -0.790. The van der Waals surface area contributed by atoms with Crippen LogP contribution in [0.2, 0.25) is 0 Å². The molecule has 4 rings (SSSR count). The van der Waals surface area contributed by atoms with E-state index in [1.807, 2.05) is 0 Å². The van der Waals surface area contributed by atoms with Crippen LogP contribution in [0.25, 0.3) is 0 Å². The normalized spacial score (nSPS) is 49.9. The third kappa shape index (κ3) is 2.54. The molecule has 0 heterocycles. The van der Waals surface area contributed by atoms with Crippen molar-refractivity contribution in [2.75, 3.05) is 7.11 Å². The van der Waals surface area contributed by atoms with Gasteiger partial charge in [0.05, 0.1) is 13.0 Å². The number of rotatable bonds is 1. The fourth-order valence-corrected chi connectivity index (χ4v) is 9.54. The Morgan fingerprint density at radius 2 is 1.50 bits per heavy atom.